The molecule has 3 fully saturated rings. The maximum atomic E-state index is 13.6. The number of aromatic hydroxyl groups is 2. The smallest absolute Gasteiger partial charge is 0.329 e. The highest BCUT2D eigenvalue weighted by atomic mass is 16.5. The Balaban J connectivity index is 1.32. The Morgan fingerprint density at radius 2 is 1.73 bits per heavy atom. The second kappa shape index (κ2) is 12.2. The number of hydrogen-bond acceptors (Lipinski definition) is 7. The molecule has 0 aromatic heterocycles. The van der Waals surface area contributed by atoms with Crippen molar-refractivity contribution in [3.8, 4) is 11.5 Å². The number of aliphatic hydroxyl groups excluding tert-OH is 1. The topological polar surface area (TPSA) is 128 Å². The van der Waals surface area contributed by atoms with E-state index >= 15 is 0 Å². The van der Waals surface area contributed by atoms with Crippen LogP contribution in [-0.4, -0.2) is 80.8 Å². The SMILES string of the molecule is CC(CC1CCC(C)(C)C1(C)C)OC(=O)C1CCCN1C(=O)C1CCCN(C(=O)C(O)Cc2ccc(O)c(O)c2)C1. The minimum absolute atomic E-state index is 0.0183. The first kappa shape index (κ1) is 31.1. The Kier molecular flexibility index (Phi) is 9.26. The van der Waals surface area contributed by atoms with Crippen molar-refractivity contribution in [3.63, 3.8) is 0 Å². The zero-order valence-electron chi connectivity index (χ0n) is 25.3. The highest BCUT2D eigenvalue weighted by molar-refractivity contribution is 5.87. The van der Waals surface area contributed by atoms with Crippen LogP contribution in [-0.2, 0) is 25.5 Å². The van der Waals surface area contributed by atoms with Gasteiger partial charge in [0.15, 0.2) is 11.5 Å². The summed E-state index contributed by atoms with van der Waals surface area (Å²) < 4.78 is 5.92. The molecule has 3 N–H and O–H groups in total. The number of rotatable bonds is 8. The molecule has 2 aliphatic heterocycles. The van der Waals surface area contributed by atoms with Crippen LogP contribution in [0.15, 0.2) is 18.2 Å². The molecule has 1 aliphatic carbocycles. The fraction of sp³-hybridized carbons (Fsp3) is 0.719. The molecule has 1 aromatic carbocycles. The molecular weight excluding hydrogens is 524 g/mol. The number of benzene rings is 1. The van der Waals surface area contributed by atoms with Gasteiger partial charge in [-0.2, -0.15) is 0 Å². The number of ether oxygens (including phenoxy) is 1. The lowest BCUT2D eigenvalue weighted by Gasteiger charge is -2.40. The average Bonchev–Trinajstić information content (AvgIpc) is 3.49. The summed E-state index contributed by atoms with van der Waals surface area (Å²) in [5.74, 6) is -1.50. The van der Waals surface area contributed by atoms with E-state index in [9.17, 15) is 29.7 Å². The summed E-state index contributed by atoms with van der Waals surface area (Å²) in [5.41, 5.74) is 0.918. The van der Waals surface area contributed by atoms with Gasteiger partial charge in [0.25, 0.3) is 5.91 Å². The van der Waals surface area contributed by atoms with Crippen LogP contribution in [0.5, 0.6) is 11.5 Å². The molecule has 41 heavy (non-hydrogen) atoms. The standard InChI is InChI=1S/C32H48N2O7/c1-20(16-23-12-13-31(2,3)32(23,4)5)41-30(40)24-9-7-15-34(24)28(38)22-8-6-14-33(19-22)29(39)27(37)18-21-10-11-25(35)26(36)17-21/h10-11,17,20,22-24,27,35-37H,6-9,12-16,18-19H2,1-5H3. The number of carbonyl (C=O) groups is 3. The second-order valence-electron chi connectivity index (χ2n) is 13.7. The van der Waals surface area contributed by atoms with E-state index in [2.05, 4.69) is 27.7 Å². The Bertz CT molecular complexity index is 1130. The van der Waals surface area contributed by atoms with Crippen LogP contribution in [0.2, 0.25) is 0 Å². The number of nitrogens with zero attached hydrogens (tertiary/aromatic N) is 2. The predicted octanol–water partition coefficient (Wildman–Crippen LogP) is 4.02. The van der Waals surface area contributed by atoms with Crippen molar-refractivity contribution < 1.29 is 34.4 Å². The number of likely N-dealkylation sites (tertiary alicyclic amines) is 2. The van der Waals surface area contributed by atoms with Gasteiger partial charge in [-0.15, -0.1) is 0 Å². The lowest BCUT2D eigenvalue weighted by atomic mass is 9.66. The molecule has 2 saturated heterocycles. The molecule has 0 bridgehead atoms. The van der Waals surface area contributed by atoms with Gasteiger partial charge in [0, 0.05) is 26.1 Å². The highest BCUT2D eigenvalue weighted by Gasteiger charge is 2.49. The van der Waals surface area contributed by atoms with Crippen LogP contribution in [0.1, 0.15) is 85.1 Å². The zero-order chi connectivity index (χ0) is 30.1. The molecule has 5 atom stereocenters. The molecule has 9 heteroatoms. The van der Waals surface area contributed by atoms with Crippen LogP contribution < -0.4 is 0 Å². The lowest BCUT2D eigenvalue weighted by molar-refractivity contribution is -0.160. The zero-order valence-corrected chi connectivity index (χ0v) is 25.3. The average molecular weight is 573 g/mol. The van der Waals surface area contributed by atoms with Gasteiger partial charge in [-0.05, 0) is 86.3 Å². The number of aliphatic hydroxyl groups is 1. The Labute approximate surface area is 243 Å². The van der Waals surface area contributed by atoms with E-state index in [1.165, 1.54) is 23.1 Å². The number of phenols is 2. The summed E-state index contributed by atoms with van der Waals surface area (Å²) in [4.78, 5) is 43.0. The van der Waals surface area contributed by atoms with E-state index in [-0.39, 0.29) is 53.3 Å². The normalized spacial score (nSPS) is 26.9. The third-order valence-electron chi connectivity index (χ3n) is 10.5. The maximum Gasteiger partial charge on any atom is 0.329 e. The van der Waals surface area contributed by atoms with Crippen molar-refractivity contribution in [3.05, 3.63) is 23.8 Å². The number of hydrogen-bond donors (Lipinski definition) is 3. The van der Waals surface area contributed by atoms with Gasteiger partial charge >= 0.3 is 5.97 Å². The van der Waals surface area contributed by atoms with Gasteiger partial charge in [-0.3, -0.25) is 9.59 Å². The van der Waals surface area contributed by atoms with Crippen LogP contribution >= 0.6 is 0 Å². The van der Waals surface area contributed by atoms with Crippen molar-refractivity contribution >= 4 is 17.8 Å². The van der Waals surface area contributed by atoms with Crippen LogP contribution in [0, 0.1) is 22.7 Å². The Morgan fingerprint density at radius 1 is 1.02 bits per heavy atom. The summed E-state index contributed by atoms with van der Waals surface area (Å²) >= 11 is 0. The fourth-order valence-electron chi connectivity index (χ4n) is 7.01. The molecule has 1 aromatic rings. The molecule has 0 spiro atoms. The summed E-state index contributed by atoms with van der Waals surface area (Å²) in [5, 5.41) is 29.8. The predicted molar refractivity (Wildman–Crippen MR) is 154 cm³/mol. The number of phenolic OH excluding ortho intramolecular Hbond substituents is 2. The quantitative estimate of drug-likeness (QED) is 0.317. The van der Waals surface area contributed by atoms with E-state index < -0.39 is 24.0 Å². The van der Waals surface area contributed by atoms with E-state index in [1.54, 1.807) is 4.90 Å². The van der Waals surface area contributed by atoms with Gasteiger partial charge in [0.05, 0.1) is 12.0 Å². The summed E-state index contributed by atoms with van der Waals surface area (Å²) in [6.45, 7) is 12.3. The van der Waals surface area contributed by atoms with Gasteiger partial charge in [0.2, 0.25) is 5.91 Å². The third-order valence-corrected chi connectivity index (χ3v) is 10.5. The number of amides is 2. The molecule has 2 amide bonds. The van der Waals surface area contributed by atoms with E-state index in [0.717, 1.165) is 25.7 Å². The summed E-state index contributed by atoms with van der Waals surface area (Å²) in [7, 11) is 0. The molecule has 5 unspecified atom stereocenters. The largest absolute Gasteiger partial charge is 0.504 e. The number of esters is 1. The molecular formula is C32H48N2O7. The van der Waals surface area contributed by atoms with Crippen molar-refractivity contribution in [1.29, 1.82) is 0 Å². The van der Waals surface area contributed by atoms with Crippen molar-refractivity contribution in [2.24, 2.45) is 22.7 Å². The summed E-state index contributed by atoms with van der Waals surface area (Å²) in [6.07, 6.45) is 4.08. The van der Waals surface area contributed by atoms with Gasteiger partial charge in [-0.25, -0.2) is 4.79 Å². The summed E-state index contributed by atoms with van der Waals surface area (Å²) in [6, 6.07) is 3.57. The first-order valence-electron chi connectivity index (χ1n) is 15.2. The first-order chi connectivity index (χ1) is 19.2. The third kappa shape index (κ3) is 6.65. The van der Waals surface area contributed by atoms with Crippen molar-refractivity contribution in [1.82, 2.24) is 9.80 Å². The maximum absolute atomic E-state index is 13.6. The van der Waals surface area contributed by atoms with Crippen molar-refractivity contribution in [2.75, 3.05) is 19.6 Å². The number of carbonyl (C=O) groups excluding carboxylic acids is 3. The van der Waals surface area contributed by atoms with E-state index in [1.807, 2.05) is 6.92 Å². The molecule has 1 saturated carbocycles. The molecule has 228 valence electrons. The fourth-order valence-corrected chi connectivity index (χ4v) is 7.01. The molecule has 4 rings (SSSR count). The van der Waals surface area contributed by atoms with Crippen molar-refractivity contribution in [2.45, 2.75) is 104 Å². The Morgan fingerprint density at radius 3 is 2.39 bits per heavy atom. The highest BCUT2D eigenvalue weighted by Crippen LogP contribution is 2.57. The minimum Gasteiger partial charge on any atom is -0.504 e. The van der Waals surface area contributed by atoms with Crippen LogP contribution in [0.25, 0.3) is 0 Å². The van der Waals surface area contributed by atoms with E-state index in [4.69, 9.17) is 4.74 Å². The monoisotopic (exact) mass is 572 g/mol. The molecule has 0 radical (unpaired) electrons. The number of piperidine rings is 1. The molecule has 3 aliphatic rings. The van der Waals surface area contributed by atoms with Gasteiger partial charge < -0.3 is 29.9 Å². The lowest BCUT2D eigenvalue weighted by Crippen LogP contribution is -2.51. The van der Waals surface area contributed by atoms with E-state index in [0.29, 0.717) is 43.8 Å². The van der Waals surface area contributed by atoms with Crippen LogP contribution in [0.4, 0.5) is 0 Å². The minimum atomic E-state index is -1.33. The van der Waals surface area contributed by atoms with Gasteiger partial charge in [0.1, 0.15) is 12.1 Å². The molecule has 9 nitrogen and oxygen atoms in total. The van der Waals surface area contributed by atoms with Crippen LogP contribution in [0.3, 0.4) is 0 Å². The Hall–Kier alpha value is -2.81. The first-order valence-corrected chi connectivity index (χ1v) is 15.2. The second-order valence-corrected chi connectivity index (χ2v) is 13.7. The molecule has 2 heterocycles. The van der Waals surface area contributed by atoms with Gasteiger partial charge in [-0.1, -0.05) is 33.8 Å².